The molecule has 0 aliphatic carbocycles. The topological polar surface area (TPSA) is 121 Å². The van der Waals surface area contributed by atoms with Crippen molar-refractivity contribution in [1.82, 2.24) is 19.4 Å². The number of amides is 1. The molecule has 2 aromatic heterocycles. The van der Waals surface area contributed by atoms with Crippen LogP contribution in [0.5, 0.6) is 0 Å². The number of methoxy groups -OCH3 is 1. The highest BCUT2D eigenvalue weighted by Gasteiger charge is 2.38. The van der Waals surface area contributed by atoms with Crippen molar-refractivity contribution in [2.45, 2.75) is 44.2 Å². The summed E-state index contributed by atoms with van der Waals surface area (Å²) in [7, 11) is -2.14. The van der Waals surface area contributed by atoms with Gasteiger partial charge in [0.15, 0.2) is 0 Å². The monoisotopic (exact) mass is 514 g/mol. The molecular weight excluding hydrogens is 484 g/mol. The highest BCUT2D eigenvalue weighted by Crippen LogP contribution is 2.26. The van der Waals surface area contributed by atoms with Crippen molar-refractivity contribution in [3.8, 4) is 11.1 Å². The van der Waals surface area contributed by atoms with E-state index in [2.05, 4.69) is 9.97 Å². The summed E-state index contributed by atoms with van der Waals surface area (Å²) in [6, 6.07) is 10.9. The lowest BCUT2D eigenvalue weighted by Gasteiger charge is -2.24. The Bertz CT molecular complexity index is 1450. The summed E-state index contributed by atoms with van der Waals surface area (Å²) < 4.78 is 36.9. The van der Waals surface area contributed by atoms with E-state index in [1.54, 1.807) is 38.8 Å². The van der Waals surface area contributed by atoms with E-state index in [1.165, 1.54) is 10.8 Å². The Morgan fingerprint density at radius 2 is 1.86 bits per heavy atom. The predicted molar refractivity (Wildman–Crippen MR) is 134 cm³/mol. The van der Waals surface area contributed by atoms with Crippen LogP contribution < -0.4 is 5.56 Å². The Labute approximate surface area is 209 Å². The first-order valence-electron chi connectivity index (χ1n) is 11.5. The lowest BCUT2D eigenvalue weighted by Crippen LogP contribution is -2.36. The Balaban J connectivity index is 1.80. The Kier molecular flexibility index (Phi) is 6.89. The number of ether oxygens (including phenoxy) is 2. The zero-order valence-electron chi connectivity index (χ0n) is 21.0. The summed E-state index contributed by atoms with van der Waals surface area (Å²) in [6.07, 6.45) is 1.63. The molecular formula is C25H30N4O6S. The number of fused-ring (bicyclic) bond motifs is 1. The van der Waals surface area contributed by atoms with Gasteiger partial charge in [0.05, 0.1) is 12.6 Å². The third-order valence-corrected chi connectivity index (χ3v) is 6.83. The molecule has 1 aliphatic rings. The number of hydrogen-bond donors (Lipinski definition) is 0. The van der Waals surface area contributed by atoms with Crippen LogP contribution in [0.1, 0.15) is 20.8 Å². The SMILES string of the molecule is CO[C@@H]1CN(C(=O)OC(C)(C)C)C[C@H]1Cn1c(=O)c(-c2ccccc2)cc2cnc(S(C)(=O)=O)nc21. The van der Waals surface area contributed by atoms with Gasteiger partial charge < -0.3 is 14.4 Å². The van der Waals surface area contributed by atoms with Crippen molar-refractivity contribution in [2.24, 2.45) is 5.92 Å². The van der Waals surface area contributed by atoms with Crippen molar-refractivity contribution in [1.29, 1.82) is 0 Å². The number of pyridine rings is 1. The van der Waals surface area contributed by atoms with Gasteiger partial charge >= 0.3 is 6.09 Å². The lowest BCUT2D eigenvalue weighted by molar-refractivity contribution is 0.0251. The van der Waals surface area contributed by atoms with E-state index in [-0.39, 0.29) is 34.9 Å². The normalized spacial score (nSPS) is 18.5. The summed E-state index contributed by atoms with van der Waals surface area (Å²) >= 11 is 0. The minimum Gasteiger partial charge on any atom is -0.444 e. The van der Waals surface area contributed by atoms with Gasteiger partial charge in [0.25, 0.3) is 5.56 Å². The molecule has 4 rings (SSSR count). The number of sulfone groups is 1. The van der Waals surface area contributed by atoms with Gasteiger partial charge in [0.1, 0.15) is 11.2 Å². The Morgan fingerprint density at radius 1 is 1.17 bits per heavy atom. The van der Waals surface area contributed by atoms with Gasteiger partial charge in [-0.3, -0.25) is 9.36 Å². The number of carbonyl (C=O) groups excluding carboxylic acids is 1. The molecule has 1 aromatic carbocycles. The molecule has 3 aromatic rings. The Hall–Kier alpha value is -3.31. The van der Waals surface area contributed by atoms with Crippen LogP contribution in [0.15, 0.2) is 52.5 Å². The molecule has 3 heterocycles. The number of likely N-dealkylation sites (tertiary alicyclic amines) is 1. The quantitative estimate of drug-likeness (QED) is 0.477. The molecule has 0 unspecified atom stereocenters. The third-order valence-electron chi connectivity index (χ3n) is 5.97. The predicted octanol–water partition coefficient (Wildman–Crippen LogP) is 2.74. The molecule has 0 radical (unpaired) electrons. The van der Waals surface area contributed by atoms with E-state index >= 15 is 0 Å². The van der Waals surface area contributed by atoms with Crippen LogP contribution in [0, 0.1) is 5.92 Å². The van der Waals surface area contributed by atoms with Crippen LogP contribution in [-0.2, 0) is 25.9 Å². The minimum atomic E-state index is -3.70. The van der Waals surface area contributed by atoms with Crippen molar-refractivity contribution >= 4 is 27.0 Å². The van der Waals surface area contributed by atoms with E-state index in [9.17, 15) is 18.0 Å². The zero-order chi connectivity index (χ0) is 26.3. The fourth-order valence-electron chi connectivity index (χ4n) is 4.31. The molecule has 192 valence electrons. The molecule has 1 aliphatic heterocycles. The molecule has 0 spiro atoms. The maximum Gasteiger partial charge on any atom is 0.410 e. The van der Waals surface area contributed by atoms with Crippen molar-refractivity contribution in [2.75, 3.05) is 26.5 Å². The number of aromatic nitrogens is 3. The molecule has 0 saturated carbocycles. The van der Waals surface area contributed by atoms with E-state index in [4.69, 9.17) is 9.47 Å². The van der Waals surface area contributed by atoms with E-state index in [1.807, 2.05) is 30.3 Å². The van der Waals surface area contributed by atoms with Crippen molar-refractivity contribution in [3.05, 3.63) is 52.9 Å². The zero-order valence-corrected chi connectivity index (χ0v) is 21.8. The molecule has 36 heavy (non-hydrogen) atoms. The van der Waals surface area contributed by atoms with E-state index in [0.29, 0.717) is 24.0 Å². The fraction of sp³-hybridized carbons (Fsp3) is 0.440. The number of benzene rings is 1. The van der Waals surface area contributed by atoms with Gasteiger partial charge in [-0.05, 0) is 32.4 Å². The molecule has 0 N–H and O–H groups in total. The second kappa shape index (κ2) is 9.62. The van der Waals surface area contributed by atoms with Gasteiger partial charge in [0.2, 0.25) is 15.0 Å². The van der Waals surface area contributed by atoms with E-state index < -0.39 is 21.5 Å². The second-order valence-electron chi connectivity index (χ2n) is 9.96. The average molecular weight is 515 g/mol. The van der Waals surface area contributed by atoms with Crippen molar-refractivity contribution in [3.63, 3.8) is 0 Å². The van der Waals surface area contributed by atoms with Crippen LogP contribution in [0.4, 0.5) is 4.79 Å². The van der Waals surface area contributed by atoms with Crippen LogP contribution >= 0.6 is 0 Å². The molecule has 1 amide bonds. The van der Waals surface area contributed by atoms with Crippen LogP contribution in [-0.4, -0.2) is 72.1 Å². The lowest BCUT2D eigenvalue weighted by atomic mass is 10.0. The molecule has 1 saturated heterocycles. The summed E-state index contributed by atoms with van der Waals surface area (Å²) in [6.45, 7) is 6.17. The molecule has 10 nitrogen and oxygen atoms in total. The standard InChI is InChI=1S/C25H30N4O6S/c1-25(2,3)35-24(31)28-13-18(20(15-28)34-4)14-29-21-17(12-26-23(27-21)36(5,32)33)11-19(22(29)30)16-9-7-6-8-10-16/h6-12,18,20H,13-15H2,1-5H3/t18-,20+/m0/s1. The highest BCUT2D eigenvalue weighted by atomic mass is 32.2. The number of rotatable bonds is 5. The third kappa shape index (κ3) is 5.41. The maximum absolute atomic E-state index is 13.7. The van der Waals surface area contributed by atoms with Crippen molar-refractivity contribution < 1.29 is 22.7 Å². The largest absolute Gasteiger partial charge is 0.444 e. The first-order chi connectivity index (χ1) is 16.9. The second-order valence-corrected chi connectivity index (χ2v) is 11.9. The van der Waals surface area contributed by atoms with E-state index in [0.717, 1.165) is 11.8 Å². The molecule has 2 atom stereocenters. The summed E-state index contributed by atoms with van der Waals surface area (Å²) in [4.78, 5) is 36.3. The van der Waals surface area contributed by atoms with Crippen LogP contribution in [0.3, 0.4) is 0 Å². The summed E-state index contributed by atoms with van der Waals surface area (Å²) in [5.41, 5.74) is 0.400. The summed E-state index contributed by atoms with van der Waals surface area (Å²) in [5, 5.41) is 0.164. The van der Waals surface area contributed by atoms with Crippen LogP contribution in [0.25, 0.3) is 22.2 Å². The van der Waals surface area contributed by atoms with Gasteiger partial charge in [-0.15, -0.1) is 0 Å². The van der Waals surface area contributed by atoms with Gasteiger partial charge in [0, 0.05) is 49.5 Å². The summed E-state index contributed by atoms with van der Waals surface area (Å²) in [5.74, 6) is -0.258. The number of hydrogen-bond acceptors (Lipinski definition) is 8. The molecule has 11 heteroatoms. The Morgan fingerprint density at radius 3 is 2.47 bits per heavy atom. The maximum atomic E-state index is 13.7. The van der Waals surface area contributed by atoms with Gasteiger partial charge in [-0.25, -0.2) is 18.2 Å². The fourth-order valence-corrected chi connectivity index (χ4v) is 4.81. The smallest absolute Gasteiger partial charge is 0.410 e. The first-order valence-corrected chi connectivity index (χ1v) is 13.4. The average Bonchev–Trinajstić information content (AvgIpc) is 3.22. The first kappa shape index (κ1) is 25.8. The van der Waals surface area contributed by atoms with Gasteiger partial charge in [-0.1, -0.05) is 30.3 Å². The van der Waals surface area contributed by atoms with Crippen LogP contribution in [0.2, 0.25) is 0 Å². The molecule has 0 bridgehead atoms. The number of nitrogens with zero attached hydrogens (tertiary/aromatic N) is 4. The van der Waals surface area contributed by atoms with Gasteiger partial charge in [-0.2, -0.15) is 4.98 Å². The number of carbonyl (C=O) groups is 1. The minimum absolute atomic E-state index is 0.161. The molecule has 1 fully saturated rings. The highest BCUT2D eigenvalue weighted by molar-refractivity contribution is 7.90.